The predicted molar refractivity (Wildman–Crippen MR) is 126 cm³/mol. The summed E-state index contributed by atoms with van der Waals surface area (Å²) in [4.78, 5) is 44.2. The second-order valence-electron chi connectivity index (χ2n) is 8.40. The first-order valence-corrected chi connectivity index (χ1v) is 11.2. The number of methoxy groups -OCH3 is 1. The summed E-state index contributed by atoms with van der Waals surface area (Å²) in [6.45, 7) is 4.16. The summed E-state index contributed by atoms with van der Waals surface area (Å²) in [6.07, 6.45) is 0. The SMILES string of the molecule is COc1ccccc1OCC(=O)c1ccc2c(c1)N(C(C)C(=O)N1CCN(C)CC1)C(=O)CO2. The molecule has 2 heterocycles. The third-order valence-corrected chi connectivity index (χ3v) is 6.15. The number of nitrogens with zero attached hydrogens (tertiary/aromatic N) is 3. The van der Waals surface area contributed by atoms with E-state index in [0.717, 1.165) is 13.1 Å². The van der Waals surface area contributed by atoms with Crippen LogP contribution in [0, 0.1) is 0 Å². The molecule has 2 aliphatic rings. The second-order valence-corrected chi connectivity index (χ2v) is 8.40. The number of carbonyl (C=O) groups excluding carboxylic acids is 3. The Morgan fingerprint density at radius 3 is 2.47 bits per heavy atom. The van der Waals surface area contributed by atoms with Gasteiger partial charge in [-0.1, -0.05) is 12.1 Å². The largest absolute Gasteiger partial charge is 0.493 e. The highest BCUT2D eigenvalue weighted by Gasteiger charge is 2.36. The number of fused-ring (bicyclic) bond motifs is 1. The zero-order chi connectivity index (χ0) is 24.2. The van der Waals surface area contributed by atoms with E-state index in [1.54, 1.807) is 48.2 Å². The van der Waals surface area contributed by atoms with Gasteiger partial charge in [0.2, 0.25) is 5.91 Å². The lowest BCUT2D eigenvalue weighted by Gasteiger charge is -2.38. The molecule has 0 aromatic heterocycles. The lowest BCUT2D eigenvalue weighted by molar-refractivity contribution is -0.136. The quantitative estimate of drug-likeness (QED) is 0.574. The summed E-state index contributed by atoms with van der Waals surface area (Å²) < 4.78 is 16.5. The lowest BCUT2D eigenvalue weighted by atomic mass is 10.1. The standard InChI is InChI=1S/C25H29N3O6/c1-17(25(31)27-12-10-26(2)11-13-27)28-19-14-18(8-9-21(19)34-16-24(28)30)20(29)15-33-23-7-5-4-6-22(23)32-3/h4-9,14,17H,10-13,15-16H2,1-3H3. The minimum atomic E-state index is -0.714. The van der Waals surface area contributed by atoms with Gasteiger partial charge in [-0.15, -0.1) is 0 Å². The number of piperazine rings is 1. The number of ketones is 1. The molecule has 1 fully saturated rings. The number of amides is 2. The van der Waals surface area contributed by atoms with E-state index in [1.165, 1.54) is 12.0 Å². The number of ether oxygens (including phenoxy) is 3. The van der Waals surface area contributed by atoms with E-state index in [9.17, 15) is 14.4 Å². The van der Waals surface area contributed by atoms with Crippen molar-refractivity contribution >= 4 is 23.3 Å². The molecule has 0 N–H and O–H groups in total. The Balaban J connectivity index is 1.52. The van der Waals surface area contributed by atoms with Crippen LogP contribution in [0.4, 0.5) is 5.69 Å². The summed E-state index contributed by atoms with van der Waals surface area (Å²) in [5.41, 5.74) is 0.769. The molecule has 2 amide bonds. The van der Waals surface area contributed by atoms with Crippen molar-refractivity contribution in [2.24, 2.45) is 0 Å². The van der Waals surface area contributed by atoms with Crippen molar-refractivity contribution in [3.05, 3.63) is 48.0 Å². The maximum absolute atomic E-state index is 13.2. The van der Waals surface area contributed by atoms with E-state index in [-0.39, 0.29) is 30.8 Å². The van der Waals surface area contributed by atoms with Crippen LogP contribution in [0.1, 0.15) is 17.3 Å². The number of likely N-dealkylation sites (N-methyl/N-ethyl adjacent to an activating group) is 1. The number of anilines is 1. The number of carbonyl (C=O) groups is 3. The van der Waals surface area contributed by atoms with Crippen LogP contribution in [-0.2, 0) is 9.59 Å². The van der Waals surface area contributed by atoms with Gasteiger partial charge in [0.15, 0.2) is 30.5 Å². The average molecular weight is 468 g/mol. The monoisotopic (exact) mass is 467 g/mol. The fourth-order valence-corrected chi connectivity index (χ4v) is 4.14. The van der Waals surface area contributed by atoms with Crippen LogP contribution in [-0.4, -0.2) is 87.0 Å². The first-order chi connectivity index (χ1) is 16.4. The van der Waals surface area contributed by atoms with Crippen molar-refractivity contribution in [2.45, 2.75) is 13.0 Å². The Labute approximate surface area is 198 Å². The molecule has 1 unspecified atom stereocenters. The van der Waals surface area contributed by atoms with Gasteiger partial charge in [0.05, 0.1) is 12.8 Å². The van der Waals surface area contributed by atoms with Crippen LogP contribution < -0.4 is 19.1 Å². The van der Waals surface area contributed by atoms with Crippen LogP contribution in [0.15, 0.2) is 42.5 Å². The van der Waals surface area contributed by atoms with E-state index < -0.39 is 6.04 Å². The maximum atomic E-state index is 13.2. The number of benzene rings is 2. The zero-order valence-corrected chi connectivity index (χ0v) is 19.7. The summed E-state index contributed by atoms with van der Waals surface area (Å²) in [6, 6.07) is 11.2. The molecule has 180 valence electrons. The normalized spacial score (nSPS) is 17.0. The molecule has 2 aromatic rings. The highest BCUT2D eigenvalue weighted by molar-refractivity contribution is 6.05. The molecule has 0 aliphatic carbocycles. The van der Waals surface area contributed by atoms with Crippen LogP contribution >= 0.6 is 0 Å². The van der Waals surface area contributed by atoms with E-state index in [1.807, 2.05) is 13.1 Å². The summed E-state index contributed by atoms with van der Waals surface area (Å²) in [5.74, 6) is 0.734. The van der Waals surface area contributed by atoms with Crippen molar-refractivity contribution in [1.29, 1.82) is 0 Å². The first-order valence-electron chi connectivity index (χ1n) is 11.2. The average Bonchev–Trinajstić information content (AvgIpc) is 2.86. The molecule has 0 saturated carbocycles. The third kappa shape index (κ3) is 4.84. The fraction of sp³-hybridized carbons (Fsp3) is 0.400. The Hall–Kier alpha value is -3.59. The molecule has 2 aromatic carbocycles. The van der Waals surface area contributed by atoms with Gasteiger partial charge in [-0.3, -0.25) is 19.3 Å². The summed E-state index contributed by atoms with van der Waals surface area (Å²) >= 11 is 0. The number of Topliss-reactive ketones (excluding diaryl/α,β-unsaturated/α-hetero) is 1. The van der Waals surface area contributed by atoms with E-state index in [0.29, 0.717) is 41.6 Å². The van der Waals surface area contributed by atoms with Crippen molar-refractivity contribution < 1.29 is 28.6 Å². The molecule has 34 heavy (non-hydrogen) atoms. The van der Waals surface area contributed by atoms with Gasteiger partial charge in [0, 0.05) is 31.7 Å². The number of rotatable bonds is 7. The molecule has 0 spiro atoms. The van der Waals surface area contributed by atoms with Gasteiger partial charge in [-0.2, -0.15) is 0 Å². The molecular formula is C25H29N3O6. The highest BCUT2D eigenvalue weighted by atomic mass is 16.5. The molecule has 1 atom stereocenters. The minimum absolute atomic E-state index is 0.120. The van der Waals surface area contributed by atoms with Gasteiger partial charge in [-0.25, -0.2) is 0 Å². The number of hydrogen-bond donors (Lipinski definition) is 0. The van der Waals surface area contributed by atoms with Gasteiger partial charge in [0.1, 0.15) is 11.8 Å². The van der Waals surface area contributed by atoms with Crippen LogP contribution in [0.25, 0.3) is 0 Å². The highest BCUT2D eigenvalue weighted by Crippen LogP contribution is 2.35. The van der Waals surface area contributed by atoms with E-state index >= 15 is 0 Å². The van der Waals surface area contributed by atoms with Gasteiger partial charge >= 0.3 is 0 Å². The van der Waals surface area contributed by atoms with E-state index in [2.05, 4.69) is 4.90 Å². The molecule has 4 rings (SSSR count). The maximum Gasteiger partial charge on any atom is 0.265 e. The Morgan fingerprint density at radius 2 is 1.76 bits per heavy atom. The topological polar surface area (TPSA) is 88.6 Å². The van der Waals surface area contributed by atoms with E-state index in [4.69, 9.17) is 14.2 Å². The van der Waals surface area contributed by atoms with Crippen LogP contribution in [0.5, 0.6) is 17.2 Å². The molecule has 0 bridgehead atoms. The Morgan fingerprint density at radius 1 is 1.06 bits per heavy atom. The lowest BCUT2D eigenvalue weighted by Crippen LogP contribution is -2.56. The summed E-state index contributed by atoms with van der Waals surface area (Å²) in [5, 5.41) is 0. The molecular weight excluding hydrogens is 438 g/mol. The van der Waals surface area contributed by atoms with Gasteiger partial charge < -0.3 is 24.0 Å². The van der Waals surface area contributed by atoms with Crippen LogP contribution in [0.3, 0.4) is 0 Å². The number of hydrogen-bond acceptors (Lipinski definition) is 7. The van der Waals surface area contributed by atoms with Gasteiger partial charge in [0.25, 0.3) is 5.91 Å². The molecule has 0 radical (unpaired) electrons. The van der Waals surface area contributed by atoms with Gasteiger partial charge in [-0.05, 0) is 44.3 Å². The minimum Gasteiger partial charge on any atom is -0.493 e. The van der Waals surface area contributed by atoms with Crippen molar-refractivity contribution in [3.63, 3.8) is 0 Å². The molecule has 1 saturated heterocycles. The Bertz CT molecular complexity index is 1080. The zero-order valence-electron chi connectivity index (χ0n) is 19.7. The van der Waals surface area contributed by atoms with Crippen LogP contribution in [0.2, 0.25) is 0 Å². The third-order valence-electron chi connectivity index (χ3n) is 6.15. The molecule has 9 heteroatoms. The summed E-state index contributed by atoms with van der Waals surface area (Å²) in [7, 11) is 3.55. The Kier molecular flexibility index (Phi) is 7.02. The fourth-order valence-electron chi connectivity index (χ4n) is 4.14. The molecule has 2 aliphatic heterocycles. The number of para-hydroxylation sites is 2. The predicted octanol–water partition coefficient (Wildman–Crippen LogP) is 1.84. The first kappa shape index (κ1) is 23.6. The van der Waals surface area contributed by atoms with Crippen molar-refractivity contribution in [3.8, 4) is 17.2 Å². The van der Waals surface area contributed by atoms with Crippen molar-refractivity contribution in [1.82, 2.24) is 9.80 Å². The van der Waals surface area contributed by atoms with Crippen molar-refractivity contribution in [2.75, 3.05) is 58.5 Å². The molecule has 9 nitrogen and oxygen atoms in total. The second kappa shape index (κ2) is 10.1. The smallest absolute Gasteiger partial charge is 0.265 e.